The van der Waals surface area contributed by atoms with E-state index in [9.17, 15) is 19.8 Å². The maximum absolute atomic E-state index is 12.5. The van der Waals surface area contributed by atoms with Gasteiger partial charge < -0.3 is 20.4 Å². The summed E-state index contributed by atoms with van der Waals surface area (Å²) >= 11 is 0. The molecule has 0 unspecified atom stereocenters. The van der Waals surface area contributed by atoms with Crippen LogP contribution in [-0.4, -0.2) is 57.9 Å². The summed E-state index contributed by atoms with van der Waals surface area (Å²) in [6, 6.07) is 7.17. The zero-order valence-corrected chi connectivity index (χ0v) is 15.3. The molecule has 3 N–H and O–H groups in total. The van der Waals surface area contributed by atoms with Gasteiger partial charge in [-0.1, -0.05) is 24.3 Å². The second kappa shape index (κ2) is 8.45. The van der Waals surface area contributed by atoms with Gasteiger partial charge in [-0.15, -0.1) is 0 Å². The van der Waals surface area contributed by atoms with E-state index >= 15 is 0 Å². The van der Waals surface area contributed by atoms with E-state index in [0.29, 0.717) is 6.54 Å². The van der Waals surface area contributed by atoms with Crippen molar-refractivity contribution >= 4 is 23.6 Å². The fourth-order valence-corrected chi connectivity index (χ4v) is 3.41. The smallest absolute Gasteiger partial charge is 0.251 e. The minimum atomic E-state index is -1.20. The molecular formula is C20H25N3O4. The van der Waals surface area contributed by atoms with Crippen molar-refractivity contribution < 1.29 is 19.8 Å². The first-order valence-corrected chi connectivity index (χ1v) is 9.20. The Morgan fingerprint density at radius 1 is 1.33 bits per heavy atom. The Balaban J connectivity index is 1.59. The first kappa shape index (κ1) is 19.3. The first-order valence-electron chi connectivity index (χ1n) is 9.20. The van der Waals surface area contributed by atoms with Gasteiger partial charge in [0, 0.05) is 31.9 Å². The number of rotatable bonds is 5. The Morgan fingerprint density at radius 3 is 2.70 bits per heavy atom. The van der Waals surface area contributed by atoms with Crippen LogP contribution >= 0.6 is 0 Å². The minimum Gasteiger partial charge on any atom is -0.391 e. The summed E-state index contributed by atoms with van der Waals surface area (Å²) in [5.74, 6) is -0.867. The summed E-state index contributed by atoms with van der Waals surface area (Å²) in [4.78, 5) is 30.0. The second-order valence-corrected chi connectivity index (χ2v) is 7.01. The van der Waals surface area contributed by atoms with E-state index in [1.54, 1.807) is 0 Å². The molecule has 7 heteroatoms. The van der Waals surface area contributed by atoms with Crippen LogP contribution in [0, 0.1) is 0 Å². The number of amides is 2. The Bertz CT molecular complexity index is 755. The summed E-state index contributed by atoms with van der Waals surface area (Å²) in [5.41, 5.74) is 3.26. The largest absolute Gasteiger partial charge is 0.391 e. The lowest BCUT2D eigenvalue weighted by atomic mass is 10.00. The Morgan fingerprint density at radius 2 is 2.07 bits per heavy atom. The van der Waals surface area contributed by atoms with E-state index in [-0.39, 0.29) is 18.9 Å². The first-order chi connectivity index (χ1) is 13.0. The Labute approximate surface area is 158 Å². The summed E-state index contributed by atoms with van der Waals surface area (Å²) in [7, 11) is 0. The van der Waals surface area contributed by atoms with Crippen LogP contribution in [0.15, 0.2) is 35.5 Å². The lowest BCUT2D eigenvalue weighted by Gasteiger charge is -2.24. The van der Waals surface area contributed by atoms with Crippen LogP contribution in [0.4, 0.5) is 0 Å². The minimum absolute atomic E-state index is 0.0636. The number of nitrogens with zero attached hydrogens (tertiary/aromatic N) is 2. The van der Waals surface area contributed by atoms with Crippen LogP contribution in [-0.2, 0) is 16.1 Å². The van der Waals surface area contributed by atoms with Gasteiger partial charge in [-0.25, -0.2) is 0 Å². The SMILES string of the molecule is C[C@H](O)C(=O)N1C[C@H](O)C[C@H]1C(=O)NCc1ccc(C2=CN=CCC2)cc1. The molecule has 1 fully saturated rings. The van der Waals surface area contributed by atoms with Crippen LogP contribution in [0.2, 0.25) is 0 Å². The number of hydrogen-bond acceptors (Lipinski definition) is 5. The number of hydrogen-bond donors (Lipinski definition) is 3. The molecule has 0 aliphatic carbocycles. The second-order valence-electron chi connectivity index (χ2n) is 7.01. The Kier molecular flexibility index (Phi) is 6.03. The molecule has 7 nitrogen and oxygen atoms in total. The van der Waals surface area contributed by atoms with E-state index < -0.39 is 24.2 Å². The lowest BCUT2D eigenvalue weighted by Crippen LogP contribution is -2.48. The van der Waals surface area contributed by atoms with Crippen molar-refractivity contribution in [3.05, 3.63) is 41.6 Å². The molecule has 144 valence electrons. The number of aliphatic hydroxyl groups is 2. The fourth-order valence-electron chi connectivity index (χ4n) is 3.41. The zero-order chi connectivity index (χ0) is 19.4. The maximum atomic E-state index is 12.5. The van der Waals surface area contributed by atoms with Crippen molar-refractivity contribution in [2.24, 2.45) is 4.99 Å². The van der Waals surface area contributed by atoms with Crippen molar-refractivity contribution in [2.75, 3.05) is 6.54 Å². The zero-order valence-electron chi connectivity index (χ0n) is 15.3. The van der Waals surface area contributed by atoms with Crippen LogP contribution in [0.1, 0.15) is 37.3 Å². The van der Waals surface area contributed by atoms with Crippen LogP contribution in [0.5, 0.6) is 0 Å². The lowest BCUT2D eigenvalue weighted by molar-refractivity contribution is -0.144. The Hall–Kier alpha value is -2.51. The van der Waals surface area contributed by atoms with Gasteiger partial charge in [0.25, 0.3) is 5.91 Å². The van der Waals surface area contributed by atoms with Crippen molar-refractivity contribution in [3.8, 4) is 0 Å². The van der Waals surface area contributed by atoms with Gasteiger partial charge in [0.2, 0.25) is 5.91 Å². The quantitative estimate of drug-likeness (QED) is 0.714. The van der Waals surface area contributed by atoms with E-state index in [1.165, 1.54) is 17.4 Å². The number of carbonyl (C=O) groups excluding carboxylic acids is 2. The predicted molar refractivity (Wildman–Crippen MR) is 102 cm³/mol. The highest BCUT2D eigenvalue weighted by molar-refractivity contribution is 5.89. The number of likely N-dealkylation sites (tertiary alicyclic amines) is 1. The fraction of sp³-hybridized carbons (Fsp3) is 0.450. The number of β-amino-alcohol motifs (C(OH)–C–C–N with tert-alkyl or cyclic N) is 1. The molecule has 2 heterocycles. The van der Waals surface area contributed by atoms with E-state index in [0.717, 1.165) is 24.0 Å². The summed E-state index contributed by atoms with van der Waals surface area (Å²) in [5, 5.41) is 22.1. The number of aliphatic imine (C=N–C) groups is 1. The van der Waals surface area contributed by atoms with Gasteiger partial charge in [0.05, 0.1) is 6.10 Å². The van der Waals surface area contributed by atoms with Crippen molar-refractivity contribution in [2.45, 2.75) is 51.0 Å². The molecular weight excluding hydrogens is 346 g/mol. The van der Waals surface area contributed by atoms with Crippen LogP contribution in [0.3, 0.4) is 0 Å². The third-order valence-electron chi connectivity index (χ3n) is 4.89. The number of carbonyl (C=O) groups is 2. The van der Waals surface area contributed by atoms with Gasteiger partial charge in [0.1, 0.15) is 12.1 Å². The number of benzene rings is 1. The van der Waals surface area contributed by atoms with Gasteiger partial charge >= 0.3 is 0 Å². The standard InChI is InChI=1S/C20H25N3O4/c1-13(24)20(27)23-12-17(25)9-18(23)19(26)22-10-14-4-6-15(7-5-14)16-3-2-8-21-11-16/h4-8,11,13,17-18,24-25H,2-3,9-10,12H2,1H3,(H,22,26)/t13-,17+,18-/m0/s1. The highest BCUT2D eigenvalue weighted by Gasteiger charge is 2.39. The number of aliphatic hydroxyl groups excluding tert-OH is 2. The molecule has 0 saturated carbocycles. The average molecular weight is 371 g/mol. The van der Waals surface area contributed by atoms with E-state index in [4.69, 9.17) is 0 Å². The van der Waals surface area contributed by atoms with Gasteiger partial charge in [-0.05, 0) is 36.5 Å². The molecule has 3 atom stereocenters. The molecule has 2 aliphatic heterocycles. The molecule has 2 aliphatic rings. The molecule has 0 radical (unpaired) electrons. The third kappa shape index (κ3) is 4.61. The normalized spacial score (nSPS) is 23.1. The molecule has 0 bridgehead atoms. The highest BCUT2D eigenvalue weighted by atomic mass is 16.3. The third-order valence-corrected chi connectivity index (χ3v) is 4.89. The predicted octanol–water partition coefficient (Wildman–Crippen LogP) is 0.851. The molecule has 2 amide bonds. The van der Waals surface area contributed by atoms with Crippen molar-refractivity contribution in [1.82, 2.24) is 10.2 Å². The molecule has 0 aromatic heterocycles. The monoisotopic (exact) mass is 371 g/mol. The highest BCUT2D eigenvalue weighted by Crippen LogP contribution is 2.23. The summed E-state index contributed by atoms with van der Waals surface area (Å²) < 4.78 is 0. The molecule has 3 rings (SSSR count). The van der Waals surface area contributed by atoms with Crippen molar-refractivity contribution in [3.63, 3.8) is 0 Å². The molecule has 27 heavy (non-hydrogen) atoms. The maximum Gasteiger partial charge on any atom is 0.251 e. The van der Waals surface area contributed by atoms with Crippen LogP contribution in [0.25, 0.3) is 5.57 Å². The van der Waals surface area contributed by atoms with Gasteiger partial charge in [0.15, 0.2) is 0 Å². The van der Waals surface area contributed by atoms with Crippen molar-refractivity contribution in [1.29, 1.82) is 0 Å². The van der Waals surface area contributed by atoms with E-state index in [2.05, 4.69) is 10.3 Å². The molecule has 0 spiro atoms. The molecule has 1 aromatic rings. The number of allylic oxidation sites excluding steroid dienone is 1. The average Bonchev–Trinajstić information content (AvgIpc) is 3.08. The van der Waals surface area contributed by atoms with Gasteiger partial charge in [-0.3, -0.25) is 14.6 Å². The summed E-state index contributed by atoms with van der Waals surface area (Å²) in [6.07, 6.45) is 3.91. The van der Waals surface area contributed by atoms with Crippen LogP contribution < -0.4 is 5.32 Å². The molecule has 1 aromatic carbocycles. The summed E-state index contributed by atoms with van der Waals surface area (Å²) in [6.45, 7) is 1.75. The number of nitrogens with one attached hydrogen (secondary N) is 1. The molecule has 1 saturated heterocycles. The van der Waals surface area contributed by atoms with E-state index in [1.807, 2.05) is 36.7 Å². The topological polar surface area (TPSA) is 102 Å². The van der Waals surface area contributed by atoms with Gasteiger partial charge in [-0.2, -0.15) is 0 Å².